The van der Waals surface area contributed by atoms with Gasteiger partial charge >= 0.3 is 0 Å². The number of carbonyl (C=O) groups is 1. The first-order valence-corrected chi connectivity index (χ1v) is 8.43. The zero-order valence-electron chi connectivity index (χ0n) is 13.0. The lowest BCUT2D eigenvalue weighted by Gasteiger charge is -2.39. The first-order chi connectivity index (χ1) is 10.3. The molecule has 4 heteroatoms. The first-order valence-electron chi connectivity index (χ1n) is 8.43. The summed E-state index contributed by atoms with van der Waals surface area (Å²) >= 11 is 0. The van der Waals surface area contributed by atoms with Crippen molar-refractivity contribution in [2.75, 3.05) is 19.6 Å². The van der Waals surface area contributed by atoms with Crippen LogP contribution in [-0.4, -0.2) is 36.5 Å². The van der Waals surface area contributed by atoms with Crippen LogP contribution in [0.15, 0.2) is 24.3 Å². The Morgan fingerprint density at radius 2 is 1.91 bits per heavy atom. The molecule has 1 aromatic carbocycles. The molecule has 4 rings (SSSR count). The fraction of sp³-hybridized carbons (Fsp3) is 0.611. The number of nitrogens with zero attached hydrogens (tertiary/aromatic N) is 1. The lowest BCUT2D eigenvalue weighted by molar-refractivity contribution is -0.134. The highest BCUT2D eigenvalue weighted by Crippen LogP contribution is 2.37. The van der Waals surface area contributed by atoms with Gasteiger partial charge in [-0.3, -0.25) is 4.79 Å². The molecule has 1 amide bonds. The maximum absolute atomic E-state index is 12.7. The van der Waals surface area contributed by atoms with Crippen LogP contribution >= 0.6 is 12.4 Å². The van der Waals surface area contributed by atoms with Crippen LogP contribution < -0.4 is 5.32 Å². The Morgan fingerprint density at radius 3 is 2.59 bits per heavy atom. The molecule has 120 valence electrons. The highest BCUT2D eigenvalue weighted by molar-refractivity contribution is 5.87. The van der Waals surface area contributed by atoms with E-state index in [1.807, 2.05) is 0 Å². The van der Waals surface area contributed by atoms with Gasteiger partial charge in [-0.1, -0.05) is 24.3 Å². The number of hydrogen-bond acceptors (Lipinski definition) is 2. The third kappa shape index (κ3) is 2.77. The molecule has 0 radical (unpaired) electrons. The van der Waals surface area contributed by atoms with Gasteiger partial charge in [0.15, 0.2) is 0 Å². The first kappa shape index (κ1) is 15.8. The summed E-state index contributed by atoms with van der Waals surface area (Å²) in [4.78, 5) is 14.8. The average Bonchev–Trinajstić information content (AvgIpc) is 3.03. The Labute approximate surface area is 138 Å². The molecule has 2 atom stereocenters. The van der Waals surface area contributed by atoms with Crippen molar-refractivity contribution in [1.29, 1.82) is 0 Å². The summed E-state index contributed by atoms with van der Waals surface area (Å²) in [6.07, 6.45) is 5.95. The van der Waals surface area contributed by atoms with Crippen LogP contribution in [0, 0.1) is 5.92 Å². The van der Waals surface area contributed by atoms with E-state index in [1.54, 1.807) is 0 Å². The molecule has 0 aromatic heterocycles. The minimum atomic E-state index is 0. The highest BCUT2D eigenvalue weighted by atomic mass is 35.5. The van der Waals surface area contributed by atoms with E-state index < -0.39 is 0 Å². The molecule has 22 heavy (non-hydrogen) atoms. The van der Waals surface area contributed by atoms with E-state index in [2.05, 4.69) is 34.5 Å². The molecule has 2 fully saturated rings. The molecule has 0 saturated carbocycles. The lowest BCUT2D eigenvalue weighted by atomic mass is 9.76. The number of halogens is 1. The molecule has 2 heterocycles. The standard InChI is InChI=1S/C18H24N2O.ClH/c21-18(16-12-14-4-1-2-5-15(14)16)20-10-7-13(8-11-20)17-6-3-9-19-17;/h1-2,4-5,13,16-17,19H,3,6-12H2;1H. The van der Waals surface area contributed by atoms with Crippen molar-refractivity contribution in [3.8, 4) is 0 Å². The third-order valence-electron chi connectivity index (χ3n) is 5.67. The van der Waals surface area contributed by atoms with Crippen LogP contribution in [0.25, 0.3) is 0 Å². The molecule has 1 aromatic rings. The number of rotatable bonds is 2. The number of likely N-dealkylation sites (tertiary alicyclic amines) is 1. The molecule has 0 spiro atoms. The van der Waals surface area contributed by atoms with Gasteiger partial charge in [-0.25, -0.2) is 0 Å². The molecule has 1 N–H and O–H groups in total. The number of amides is 1. The Bertz CT molecular complexity index is 534. The van der Waals surface area contributed by atoms with Crippen molar-refractivity contribution in [3.05, 3.63) is 35.4 Å². The van der Waals surface area contributed by atoms with Crippen LogP contribution in [0.4, 0.5) is 0 Å². The topological polar surface area (TPSA) is 32.3 Å². The van der Waals surface area contributed by atoms with Gasteiger partial charge < -0.3 is 10.2 Å². The Balaban J connectivity index is 0.00000144. The molecule has 0 bridgehead atoms. The number of nitrogens with one attached hydrogen (secondary N) is 1. The maximum Gasteiger partial charge on any atom is 0.230 e. The summed E-state index contributed by atoms with van der Waals surface area (Å²) in [7, 11) is 0. The van der Waals surface area contributed by atoms with Crippen molar-refractivity contribution < 1.29 is 4.79 Å². The molecule has 2 saturated heterocycles. The number of fused-ring (bicyclic) bond motifs is 1. The molecular formula is C18H25ClN2O. The van der Waals surface area contributed by atoms with Gasteiger partial charge in [0, 0.05) is 19.1 Å². The van der Waals surface area contributed by atoms with Crippen LogP contribution in [-0.2, 0) is 11.2 Å². The second kappa shape index (κ2) is 6.59. The van der Waals surface area contributed by atoms with E-state index in [4.69, 9.17) is 0 Å². The third-order valence-corrected chi connectivity index (χ3v) is 5.67. The van der Waals surface area contributed by atoms with Gasteiger partial charge in [0.2, 0.25) is 5.91 Å². The van der Waals surface area contributed by atoms with Crippen molar-refractivity contribution >= 4 is 18.3 Å². The normalized spacial score (nSPS) is 27.7. The fourth-order valence-corrected chi connectivity index (χ4v) is 4.34. The van der Waals surface area contributed by atoms with Gasteiger partial charge in [-0.15, -0.1) is 12.4 Å². The second-order valence-corrected chi connectivity index (χ2v) is 6.82. The van der Waals surface area contributed by atoms with E-state index in [-0.39, 0.29) is 18.3 Å². The number of benzene rings is 1. The minimum Gasteiger partial charge on any atom is -0.342 e. The van der Waals surface area contributed by atoms with Crippen LogP contribution in [0.1, 0.15) is 42.7 Å². The van der Waals surface area contributed by atoms with Crippen molar-refractivity contribution in [2.45, 2.75) is 44.1 Å². The van der Waals surface area contributed by atoms with Crippen molar-refractivity contribution in [2.24, 2.45) is 5.92 Å². The monoisotopic (exact) mass is 320 g/mol. The zero-order chi connectivity index (χ0) is 14.2. The van der Waals surface area contributed by atoms with E-state index >= 15 is 0 Å². The van der Waals surface area contributed by atoms with E-state index in [9.17, 15) is 4.79 Å². The molecule has 1 aliphatic carbocycles. The molecule has 2 aliphatic heterocycles. The van der Waals surface area contributed by atoms with E-state index in [0.717, 1.165) is 25.4 Å². The van der Waals surface area contributed by atoms with Crippen LogP contribution in [0.5, 0.6) is 0 Å². The lowest BCUT2D eigenvalue weighted by Crippen LogP contribution is -2.46. The summed E-state index contributed by atoms with van der Waals surface area (Å²) in [5, 5.41) is 3.63. The van der Waals surface area contributed by atoms with Crippen molar-refractivity contribution in [1.82, 2.24) is 10.2 Å². The SMILES string of the molecule is Cl.O=C(C1Cc2ccccc21)N1CCC(C2CCCN2)CC1. The van der Waals surface area contributed by atoms with Crippen LogP contribution in [0.3, 0.4) is 0 Å². The molecule has 2 unspecified atom stereocenters. The average molecular weight is 321 g/mol. The summed E-state index contributed by atoms with van der Waals surface area (Å²) < 4.78 is 0. The number of piperidine rings is 1. The number of hydrogen-bond donors (Lipinski definition) is 1. The maximum atomic E-state index is 12.7. The van der Waals surface area contributed by atoms with Gasteiger partial charge in [-0.2, -0.15) is 0 Å². The fourth-order valence-electron chi connectivity index (χ4n) is 4.34. The minimum absolute atomic E-state index is 0. The zero-order valence-corrected chi connectivity index (χ0v) is 13.8. The quantitative estimate of drug-likeness (QED) is 0.908. The second-order valence-electron chi connectivity index (χ2n) is 6.82. The summed E-state index contributed by atoms with van der Waals surface area (Å²) in [6, 6.07) is 9.11. The van der Waals surface area contributed by atoms with Crippen molar-refractivity contribution in [3.63, 3.8) is 0 Å². The van der Waals surface area contributed by atoms with E-state index in [0.29, 0.717) is 11.9 Å². The molecule has 3 nitrogen and oxygen atoms in total. The summed E-state index contributed by atoms with van der Waals surface area (Å²) in [6.45, 7) is 3.10. The van der Waals surface area contributed by atoms with Gasteiger partial charge in [0.25, 0.3) is 0 Å². The molecule has 3 aliphatic rings. The summed E-state index contributed by atoms with van der Waals surface area (Å²) in [5.74, 6) is 1.29. The van der Waals surface area contributed by atoms with Gasteiger partial charge in [0.1, 0.15) is 0 Å². The molecular weight excluding hydrogens is 296 g/mol. The highest BCUT2D eigenvalue weighted by Gasteiger charge is 2.37. The van der Waals surface area contributed by atoms with Gasteiger partial charge in [-0.05, 0) is 55.7 Å². The predicted molar refractivity (Wildman–Crippen MR) is 90.5 cm³/mol. The largest absolute Gasteiger partial charge is 0.342 e. The smallest absolute Gasteiger partial charge is 0.230 e. The number of carbonyl (C=O) groups excluding carboxylic acids is 1. The Hall–Kier alpha value is -1.06. The van der Waals surface area contributed by atoms with E-state index in [1.165, 1.54) is 43.4 Å². The Morgan fingerprint density at radius 1 is 1.14 bits per heavy atom. The predicted octanol–water partition coefficient (Wildman–Crippen LogP) is 2.74. The van der Waals surface area contributed by atoms with Crippen LogP contribution in [0.2, 0.25) is 0 Å². The van der Waals surface area contributed by atoms with Gasteiger partial charge in [0.05, 0.1) is 5.92 Å². The summed E-state index contributed by atoms with van der Waals surface area (Å²) in [5.41, 5.74) is 2.63. The Kier molecular flexibility index (Phi) is 4.74.